The fourth-order valence-corrected chi connectivity index (χ4v) is 2.52. The summed E-state index contributed by atoms with van der Waals surface area (Å²) in [6, 6.07) is 4.80. The maximum Gasteiger partial charge on any atom is 0.279 e. The second-order valence-electron chi connectivity index (χ2n) is 3.79. The molecule has 1 unspecified atom stereocenters. The SMILES string of the molecule is CN(C)S(=O)(=O)NCC(O)c1c(Cl)cccc1Cl. The Labute approximate surface area is 116 Å². The molecule has 0 saturated carbocycles. The average molecular weight is 313 g/mol. The van der Waals surface area contributed by atoms with Gasteiger partial charge in [-0.15, -0.1) is 0 Å². The van der Waals surface area contributed by atoms with E-state index in [1.165, 1.54) is 14.1 Å². The summed E-state index contributed by atoms with van der Waals surface area (Å²) in [5, 5.41) is 10.5. The van der Waals surface area contributed by atoms with Crippen LogP contribution in [0.5, 0.6) is 0 Å². The lowest BCUT2D eigenvalue weighted by Gasteiger charge is -2.17. The molecule has 1 atom stereocenters. The van der Waals surface area contributed by atoms with E-state index in [0.717, 1.165) is 4.31 Å². The molecule has 18 heavy (non-hydrogen) atoms. The molecule has 0 aliphatic heterocycles. The zero-order valence-corrected chi connectivity index (χ0v) is 12.2. The second kappa shape index (κ2) is 6.18. The Kier molecular flexibility index (Phi) is 5.39. The number of aliphatic hydroxyl groups excluding tert-OH is 1. The molecule has 0 spiro atoms. The molecule has 0 aromatic heterocycles. The van der Waals surface area contributed by atoms with Gasteiger partial charge in [0.05, 0.1) is 6.10 Å². The fraction of sp³-hybridized carbons (Fsp3) is 0.400. The lowest BCUT2D eigenvalue weighted by atomic mass is 10.1. The Morgan fingerprint density at radius 3 is 2.28 bits per heavy atom. The second-order valence-corrected chi connectivity index (χ2v) is 6.57. The van der Waals surface area contributed by atoms with E-state index in [-0.39, 0.29) is 6.54 Å². The number of hydrogen-bond acceptors (Lipinski definition) is 3. The highest BCUT2D eigenvalue weighted by Crippen LogP contribution is 2.29. The number of hydrogen-bond donors (Lipinski definition) is 2. The molecule has 1 aromatic rings. The van der Waals surface area contributed by atoms with Crippen LogP contribution in [0.25, 0.3) is 0 Å². The molecule has 0 amide bonds. The minimum Gasteiger partial charge on any atom is -0.387 e. The lowest BCUT2D eigenvalue weighted by Crippen LogP contribution is -2.37. The van der Waals surface area contributed by atoms with Crippen molar-refractivity contribution in [3.8, 4) is 0 Å². The maximum absolute atomic E-state index is 11.5. The minimum atomic E-state index is -3.59. The van der Waals surface area contributed by atoms with E-state index in [4.69, 9.17) is 23.2 Å². The summed E-state index contributed by atoms with van der Waals surface area (Å²) in [4.78, 5) is 0. The maximum atomic E-state index is 11.5. The van der Waals surface area contributed by atoms with E-state index in [0.29, 0.717) is 15.6 Å². The topological polar surface area (TPSA) is 69.6 Å². The monoisotopic (exact) mass is 312 g/mol. The Bertz CT molecular complexity index is 500. The van der Waals surface area contributed by atoms with E-state index >= 15 is 0 Å². The van der Waals surface area contributed by atoms with Crippen LogP contribution in [0, 0.1) is 0 Å². The number of halogens is 2. The summed E-state index contributed by atoms with van der Waals surface area (Å²) in [5.74, 6) is 0. The van der Waals surface area contributed by atoms with Gasteiger partial charge in [-0.25, -0.2) is 0 Å². The van der Waals surface area contributed by atoms with Gasteiger partial charge in [-0.3, -0.25) is 0 Å². The molecule has 0 fully saturated rings. The number of nitrogens with one attached hydrogen (secondary N) is 1. The van der Waals surface area contributed by atoms with Crippen molar-refractivity contribution in [2.75, 3.05) is 20.6 Å². The van der Waals surface area contributed by atoms with E-state index in [2.05, 4.69) is 4.72 Å². The molecule has 0 aliphatic rings. The summed E-state index contributed by atoms with van der Waals surface area (Å²) >= 11 is 11.8. The third-order valence-corrected chi connectivity index (χ3v) is 4.42. The molecule has 1 rings (SSSR count). The lowest BCUT2D eigenvalue weighted by molar-refractivity contribution is 0.181. The van der Waals surface area contributed by atoms with Crippen LogP contribution >= 0.6 is 23.2 Å². The van der Waals surface area contributed by atoms with Gasteiger partial charge in [-0.2, -0.15) is 17.4 Å². The van der Waals surface area contributed by atoms with Gasteiger partial charge in [0.2, 0.25) is 0 Å². The van der Waals surface area contributed by atoms with Crippen LogP contribution in [0.4, 0.5) is 0 Å². The van der Waals surface area contributed by atoms with Crippen LogP contribution in [0.3, 0.4) is 0 Å². The zero-order chi connectivity index (χ0) is 13.9. The summed E-state index contributed by atoms with van der Waals surface area (Å²) < 4.78 is 26.2. The van der Waals surface area contributed by atoms with Crippen molar-refractivity contribution in [2.45, 2.75) is 6.10 Å². The average Bonchev–Trinajstić information content (AvgIpc) is 2.26. The van der Waals surface area contributed by atoms with Gasteiger partial charge < -0.3 is 5.11 Å². The van der Waals surface area contributed by atoms with Crippen molar-refractivity contribution in [3.63, 3.8) is 0 Å². The van der Waals surface area contributed by atoms with Gasteiger partial charge in [0.25, 0.3) is 10.2 Å². The summed E-state index contributed by atoms with van der Waals surface area (Å²) in [5.41, 5.74) is 0.308. The first-order valence-corrected chi connectivity index (χ1v) is 7.24. The smallest absolute Gasteiger partial charge is 0.279 e. The number of nitrogens with zero attached hydrogens (tertiary/aromatic N) is 1. The normalized spacial score (nSPS) is 13.9. The highest BCUT2D eigenvalue weighted by molar-refractivity contribution is 7.87. The molecule has 0 radical (unpaired) electrons. The molecule has 5 nitrogen and oxygen atoms in total. The van der Waals surface area contributed by atoms with Crippen LogP contribution < -0.4 is 4.72 Å². The molecule has 102 valence electrons. The number of rotatable bonds is 5. The largest absolute Gasteiger partial charge is 0.387 e. The van der Waals surface area contributed by atoms with Crippen molar-refractivity contribution in [1.29, 1.82) is 0 Å². The molecular formula is C10H14Cl2N2O3S. The molecule has 0 bridgehead atoms. The molecule has 0 saturated heterocycles. The van der Waals surface area contributed by atoms with Crippen LogP contribution in [0.1, 0.15) is 11.7 Å². The van der Waals surface area contributed by atoms with E-state index in [1.54, 1.807) is 18.2 Å². The molecule has 0 heterocycles. The van der Waals surface area contributed by atoms with Crippen LogP contribution in [-0.2, 0) is 10.2 Å². The van der Waals surface area contributed by atoms with Crippen molar-refractivity contribution in [1.82, 2.24) is 9.03 Å². The van der Waals surface area contributed by atoms with Gasteiger partial charge in [0.15, 0.2) is 0 Å². The Balaban J connectivity index is 2.81. The summed E-state index contributed by atoms with van der Waals surface area (Å²) in [6.45, 7) is -0.204. The third kappa shape index (κ3) is 3.81. The number of aliphatic hydroxyl groups is 1. The standard InChI is InChI=1S/C10H14Cl2N2O3S/c1-14(2)18(16,17)13-6-9(15)10-7(11)4-3-5-8(10)12/h3-5,9,13,15H,6H2,1-2H3. The first-order chi connectivity index (χ1) is 8.25. The van der Waals surface area contributed by atoms with Crippen molar-refractivity contribution >= 4 is 33.4 Å². The molecule has 2 N–H and O–H groups in total. The quantitative estimate of drug-likeness (QED) is 0.864. The first-order valence-electron chi connectivity index (χ1n) is 5.05. The van der Waals surface area contributed by atoms with Crippen molar-refractivity contribution < 1.29 is 13.5 Å². The Hall–Kier alpha value is -0.370. The van der Waals surface area contributed by atoms with E-state index in [9.17, 15) is 13.5 Å². The molecule has 0 aliphatic carbocycles. The minimum absolute atomic E-state index is 0.204. The van der Waals surface area contributed by atoms with Gasteiger partial charge in [-0.1, -0.05) is 29.3 Å². The van der Waals surface area contributed by atoms with E-state index in [1.807, 2.05) is 0 Å². The van der Waals surface area contributed by atoms with Gasteiger partial charge in [0.1, 0.15) is 0 Å². The van der Waals surface area contributed by atoms with Gasteiger partial charge in [-0.05, 0) is 12.1 Å². The molecular weight excluding hydrogens is 299 g/mol. The highest BCUT2D eigenvalue weighted by Gasteiger charge is 2.19. The van der Waals surface area contributed by atoms with Gasteiger partial charge >= 0.3 is 0 Å². The summed E-state index contributed by atoms with van der Waals surface area (Å²) in [7, 11) is -0.818. The summed E-state index contributed by atoms with van der Waals surface area (Å²) in [6.07, 6.45) is -1.11. The van der Waals surface area contributed by atoms with Crippen LogP contribution in [0.2, 0.25) is 10.0 Å². The molecule has 1 aromatic carbocycles. The number of benzene rings is 1. The molecule has 8 heteroatoms. The van der Waals surface area contributed by atoms with Crippen LogP contribution in [-0.4, -0.2) is 38.5 Å². The first kappa shape index (κ1) is 15.7. The highest BCUT2D eigenvalue weighted by atomic mass is 35.5. The van der Waals surface area contributed by atoms with Crippen LogP contribution in [0.15, 0.2) is 18.2 Å². The Morgan fingerprint density at radius 1 is 1.33 bits per heavy atom. The fourth-order valence-electron chi connectivity index (χ4n) is 1.24. The predicted octanol–water partition coefficient (Wildman–Crippen LogP) is 1.42. The van der Waals surface area contributed by atoms with Gasteiger partial charge in [0, 0.05) is 36.2 Å². The predicted molar refractivity (Wildman–Crippen MR) is 72.0 cm³/mol. The van der Waals surface area contributed by atoms with Crippen molar-refractivity contribution in [3.05, 3.63) is 33.8 Å². The van der Waals surface area contributed by atoms with E-state index < -0.39 is 16.3 Å². The Morgan fingerprint density at radius 2 is 1.83 bits per heavy atom. The van der Waals surface area contributed by atoms with Crippen molar-refractivity contribution in [2.24, 2.45) is 0 Å². The zero-order valence-electron chi connectivity index (χ0n) is 9.89. The third-order valence-electron chi connectivity index (χ3n) is 2.27.